The molecule has 0 unspecified atom stereocenters. The van der Waals surface area contributed by atoms with Gasteiger partial charge in [-0.2, -0.15) is 0 Å². The van der Waals surface area contributed by atoms with Gasteiger partial charge in [0.2, 0.25) is 0 Å². The summed E-state index contributed by atoms with van der Waals surface area (Å²) in [4.78, 5) is 8.53. The molecule has 1 aromatic rings. The molecule has 0 aromatic carbocycles. The Morgan fingerprint density at radius 2 is 1.17 bits per heavy atom. The molecule has 2 nitrogen and oxygen atoms in total. The number of hydrogen-bond donors (Lipinski definition) is 0. The maximum atomic E-state index is 4.27. The van der Waals surface area contributed by atoms with Gasteiger partial charge >= 0.3 is 0 Å². The highest BCUT2D eigenvalue weighted by atomic mass is 14.8. The van der Waals surface area contributed by atoms with Crippen LogP contribution in [-0.2, 0) is 6.42 Å². The summed E-state index contributed by atoms with van der Waals surface area (Å²) >= 11 is 0. The highest BCUT2D eigenvalue weighted by molar-refractivity contribution is 4.88. The highest BCUT2D eigenvalue weighted by Crippen LogP contribution is 2.10. The number of hydrogen-bond acceptors (Lipinski definition) is 2. The fourth-order valence-corrected chi connectivity index (χ4v) is 2.99. The van der Waals surface area contributed by atoms with Crippen LogP contribution < -0.4 is 0 Å². The van der Waals surface area contributed by atoms with Crippen LogP contribution in [0.5, 0.6) is 0 Å². The van der Waals surface area contributed by atoms with E-state index in [-0.39, 0.29) is 0 Å². The van der Waals surface area contributed by atoms with Gasteiger partial charge in [-0.1, -0.05) is 76.9 Å². The van der Waals surface area contributed by atoms with E-state index in [1.807, 2.05) is 18.5 Å². The molecule has 1 heterocycles. The maximum Gasteiger partial charge on any atom is 0.128 e. The van der Waals surface area contributed by atoms with Crippen molar-refractivity contribution in [1.82, 2.24) is 9.97 Å². The molecule has 0 radical (unpaired) electrons. The summed E-state index contributed by atoms with van der Waals surface area (Å²) < 4.78 is 0. The lowest BCUT2D eigenvalue weighted by atomic mass is 10.1. The minimum absolute atomic E-state index is 0.994. The fourth-order valence-electron chi connectivity index (χ4n) is 2.99. The summed E-state index contributed by atoms with van der Waals surface area (Å²) in [6, 6.07) is 1.88. The van der Waals surface area contributed by atoms with Crippen molar-refractivity contribution in [2.45, 2.75) is 103 Å². The van der Waals surface area contributed by atoms with Gasteiger partial charge in [-0.25, -0.2) is 9.97 Å². The Kier molecular flexibility index (Phi) is 14.5. The molecule has 1 rings (SSSR count). The first kappa shape index (κ1) is 20.9. The number of aryl methyl sites for hydroxylation is 1. The molecule has 0 aliphatic rings. The number of aromatic nitrogens is 2. The van der Waals surface area contributed by atoms with Crippen LogP contribution in [0.25, 0.3) is 0 Å². The third-order valence-corrected chi connectivity index (χ3v) is 4.53. The first-order chi connectivity index (χ1) is 11.9. The summed E-state index contributed by atoms with van der Waals surface area (Å²) in [5, 5.41) is 0. The van der Waals surface area contributed by atoms with Crippen LogP contribution in [0.15, 0.2) is 30.6 Å². The number of nitrogens with zero attached hydrogens (tertiary/aromatic N) is 2. The molecule has 0 amide bonds. The standard InChI is InChI=1S/C22H38N2/c1-2-3-4-5-6-7-8-9-10-11-12-13-14-15-16-17-19-22-23-20-18-21-24-22/h9-10,18,20-21H,2-8,11-17,19H2,1H3/b10-9-. The molecule has 0 saturated carbocycles. The molecule has 2 heteroatoms. The first-order valence-electron chi connectivity index (χ1n) is 10.3. The SMILES string of the molecule is CCCCCCCC/C=C\CCCCCCCCc1ncccn1. The molecule has 0 bridgehead atoms. The number of unbranched alkanes of at least 4 members (excludes halogenated alkanes) is 12. The molecule has 0 fully saturated rings. The topological polar surface area (TPSA) is 25.8 Å². The van der Waals surface area contributed by atoms with Gasteiger partial charge in [0.25, 0.3) is 0 Å². The Morgan fingerprint density at radius 3 is 1.75 bits per heavy atom. The Hall–Kier alpha value is -1.18. The monoisotopic (exact) mass is 330 g/mol. The average molecular weight is 331 g/mol. The van der Waals surface area contributed by atoms with Gasteiger partial charge in [-0.15, -0.1) is 0 Å². The second-order valence-corrected chi connectivity index (χ2v) is 6.85. The van der Waals surface area contributed by atoms with E-state index >= 15 is 0 Å². The summed E-state index contributed by atoms with van der Waals surface area (Å²) in [5.74, 6) is 0.994. The van der Waals surface area contributed by atoms with E-state index in [4.69, 9.17) is 0 Å². The van der Waals surface area contributed by atoms with E-state index in [9.17, 15) is 0 Å². The highest BCUT2D eigenvalue weighted by Gasteiger charge is 1.95. The lowest BCUT2D eigenvalue weighted by molar-refractivity contribution is 0.590. The van der Waals surface area contributed by atoms with E-state index < -0.39 is 0 Å². The third-order valence-electron chi connectivity index (χ3n) is 4.53. The van der Waals surface area contributed by atoms with Crippen molar-refractivity contribution in [3.8, 4) is 0 Å². The molecule has 0 N–H and O–H groups in total. The molecule has 0 saturated heterocycles. The van der Waals surface area contributed by atoms with E-state index in [2.05, 4.69) is 29.0 Å². The second kappa shape index (κ2) is 16.7. The van der Waals surface area contributed by atoms with Gasteiger partial charge < -0.3 is 0 Å². The maximum absolute atomic E-state index is 4.27. The zero-order valence-electron chi connectivity index (χ0n) is 15.9. The third kappa shape index (κ3) is 13.3. The summed E-state index contributed by atoms with van der Waals surface area (Å²) in [7, 11) is 0. The van der Waals surface area contributed by atoms with Gasteiger partial charge in [-0.3, -0.25) is 0 Å². The molecule has 24 heavy (non-hydrogen) atoms. The lowest BCUT2D eigenvalue weighted by Crippen LogP contribution is -1.93. The van der Waals surface area contributed by atoms with E-state index in [1.54, 1.807) is 0 Å². The van der Waals surface area contributed by atoms with Gasteiger partial charge in [-0.05, 0) is 38.2 Å². The predicted octanol–water partition coefficient (Wildman–Crippen LogP) is 7.06. The van der Waals surface area contributed by atoms with Gasteiger partial charge in [0.1, 0.15) is 5.82 Å². The fraction of sp³-hybridized carbons (Fsp3) is 0.727. The zero-order valence-corrected chi connectivity index (χ0v) is 15.9. The second-order valence-electron chi connectivity index (χ2n) is 6.85. The molecule has 0 aliphatic heterocycles. The van der Waals surface area contributed by atoms with Crippen molar-refractivity contribution in [3.05, 3.63) is 36.4 Å². The normalized spacial score (nSPS) is 11.4. The van der Waals surface area contributed by atoms with Gasteiger partial charge in [0, 0.05) is 18.8 Å². The Labute approximate surface area is 150 Å². The van der Waals surface area contributed by atoms with Gasteiger partial charge in [0.05, 0.1) is 0 Å². The van der Waals surface area contributed by atoms with E-state index in [1.165, 1.54) is 89.9 Å². The van der Waals surface area contributed by atoms with Crippen LogP contribution in [0.4, 0.5) is 0 Å². The van der Waals surface area contributed by atoms with Crippen LogP contribution in [0.2, 0.25) is 0 Å². The molecular formula is C22H38N2. The Morgan fingerprint density at radius 1 is 0.667 bits per heavy atom. The number of allylic oxidation sites excluding steroid dienone is 2. The van der Waals surface area contributed by atoms with Crippen molar-refractivity contribution in [1.29, 1.82) is 0 Å². The van der Waals surface area contributed by atoms with Crippen molar-refractivity contribution in [2.24, 2.45) is 0 Å². The summed E-state index contributed by atoms with van der Waals surface area (Å²) in [6.45, 7) is 2.28. The van der Waals surface area contributed by atoms with Crippen LogP contribution in [0, 0.1) is 0 Å². The molecule has 0 spiro atoms. The smallest absolute Gasteiger partial charge is 0.128 e. The average Bonchev–Trinajstić information content (AvgIpc) is 2.62. The van der Waals surface area contributed by atoms with E-state index in [0.29, 0.717) is 0 Å². The van der Waals surface area contributed by atoms with Crippen molar-refractivity contribution in [3.63, 3.8) is 0 Å². The van der Waals surface area contributed by atoms with Crippen LogP contribution in [0.1, 0.15) is 103 Å². The zero-order chi connectivity index (χ0) is 17.1. The summed E-state index contributed by atoms with van der Waals surface area (Å²) in [6.07, 6.45) is 28.5. The Bertz CT molecular complexity index is 386. The molecule has 0 aliphatic carbocycles. The van der Waals surface area contributed by atoms with Crippen LogP contribution in [-0.4, -0.2) is 9.97 Å². The van der Waals surface area contributed by atoms with Gasteiger partial charge in [0.15, 0.2) is 0 Å². The van der Waals surface area contributed by atoms with E-state index in [0.717, 1.165) is 12.2 Å². The predicted molar refractivity (Wildman–Crippen MR) is 105 cm³/mol. The molecule has 136 valence electrons. The molecule has 0 atom stereocenters. The lowest BCUT2D eigenvalue weighted by Gasteiger charge is -2.01. The quantitative estimate of drug-likeness (QED) is 0.239. The summed E-state index contributed by atoms with van der Waals surface area (Å²) in [5.41, 5.74) is 0. The van der Waals surface area contributed by atoms with Crippen molar-refractivity contribution < 1.29 is 0 Å². The van der Waals surface area contributed by atoms with Crippen molar-refractivity contribution >= 4 is 0 Å². The van der Waals surface area contributed by atoms with Crippen molar-refractivity contribution in [2.75, 3.05) is 0 Å². The largest absolute Gasteiger partial charge is 0.241 e. The molecular weight excluding hydrogens is 292 g/mol. The Balaban J connectivity index is 1.76. The minimum atomic E-state index is 0.994. The van der Waals surface area contributed by atoms with Crippen LogP contribution in [0.3, 0.4) is 0 Å². The first-order valence-corrected chi connectivity index (χ1v) is 10.3. The molecule has 1 aromatic heterocycles. The minimum Gasteiger partial charge on any atom is -0.241 e. The number of rotatable bonds is 16. The van der Waals surface area contributed by atoms with Crippen LogP contribution >= 0.6 is 0 Å².